The van der Waals surface area contributed by atoms with Crippen LogP contribution in [0.2, 0.25) is 0 Å². The summed E-state index contributed by atoms with van der Waals surface area (Å²) < 4.78 is 0. The Morgan fingerprint density at radius 2 is 1.56 bits per heavy atom. The largest absolute Gasteiger partial charge is 0.512 e. The van der Waals surface area contributed by atoms with Crippen LogP contribution in [0.3, 0.4) is 0 Å². The van der Waals surface area contributed by atoms with E-state index < -0.39 is 0 Å². The number of carbonyl (C=O) groups is 1. The van der Waals surface area contributed by atoms with Crippen molar-refractivity contribution in [3.63, 3.8) is 0 Å². The predicted octanol–water partition coefficient (Wildman–Crippen LogP) is 4.26. The molecule has 0 aliphatic rings. The van der Waals surface area contributed by atoms with Gasteiger partial charge in [-0.3, -0.25) is 4.79 Å². The highest BCUT2D eigenvalue weighted by molar-refractivity contribution is 5.92. The molecule has 0 rings (SSSR count). The second-order valence-electron chi connectivity index (χ2n) is 4.38. The lowest BCUT2D eigenvalue weighted by molar-refractivity contribution is -0.118. The molecule has 2 nitrogen and oxygen atoms in total. The molecular formula is C14H26O2. The number of hydrogen-bond acceptors (Lipinski definition) is 2. The Morgan fingerprint density at radius 1 is 1.06 bits per heavy atom. The second kappa shape index (κ2) is 8.37. The lowest BCUT2D eigenvalue weighted by Gasteiger charge is -2.14. The molecular weight excluding hydrogens is 200 g/mol. The van der Waals surface area contributed by atoms with Gasteiger partial charge in [-0.2, -0.15) is 0 Å². The Labute approximate surface area is 99.7 Å². The quantitative estimate of drug-likeness (QED) is 0.496. The molecule has 1 N–H and O–H groups in total. The van der Waals surface area contributed by atoms with Crippen molar-refractivity contribution in [2.75, 3.05) is 0 Å². The first-order valence-electron chi connectivity index (χ1n) is 6.54. The van der Waals surface area contributed by atoms with E-state index in [9.17, 15) is 9.90 Å². The van der Waals surface area contributed by atoms with E-state index >= 15 is 0 Å². The van der Waals surface area contributed by atoms with Crippen LogP contribution in [0.15, 0.2) is 11.8 Å². The first kappa shape index (κ1) is 15.2. The molecule has 0 aromatic rings. The molecule has 1 atom stereocenters. The third-order valence-electron chi connectivity index (χ3n) is 3.23. The van der Waals surface area contributed by atoms with Crippen molar-refractivity contribution in [2.24, 2.45) is 11.8 Å². The van der Waals surface area contributed by atoms with Crippen LogP contribution in [0.1, 0.15) is 59.8 Å². The number of ketones is 1. The fourth-order valence-corrected chi connectivity index (χ4v) is 1.98. The van der Waals surface area contributed by atoms with E-state index in [1.807, 2.05) is 20.8 Å². The maximum absolute atomic E-state index is 11.8. The van der Waals surface area contributed by atoms with Crippen LogP contribution in [0.4, 0.5) is 0 Å². The molecule has 0 aliphatic heterocycles. The van der Waals surface area contributed by atoms with Crippen molar-refractivity contribution in [3.8, 4) is 0 Å². The number of carbonyl (C=O) groups excluding carboxylic acids is 1. The number of aliphatic hydroxyl groups is 1. The van der Waals surface area contributed by atoms with Gasteiger partial charge < -0.3 is 5.11 Å². The van der Waals surface area contributed by atoms with E-state index in [2.05, 4.69) is 6.92 Å². The molecule has 0 saturated carbocycles. The number of allylic oxidation sites excluding steroid dienone is 2. The van der Waals surface area contributed by atoms with Crippen LogP contribution >= 0.6 is 0 Å². The maximum Gasteiger partial charge on any atom is 0.162 e. The highest BCUT2D eigenvalue weighted by atomic mass is 16.3. The Morgan fingerprint density at radius 3 is 1.94 bits per heavy atom. The molecule has 0 heterocycles. The van der Waals surface area contributed by atoms with Gasteiger partial charge in [-0.25, -0.2) is 0 Å². The van der Waals surface area contributed by atoms with Gasteiger partial charge in [0.05, 0.1) is 5.76 Å². The number of aliphatic hydroxyl groups excluding tert-OH is 1. The van der Waals surface area contributed by atoms with Crippen molar-refractivity contribution in [1.82, 2.24) is 0 Å². The van der Waals surface area contributed by atoms with Gasteiger partial charge in [-0.15, -0.1) is 0 Å². The van der Waals surface area contributed by atoms with Gasteiger partial charge in [0.2, 0.25) is 0 Å². The highest BCUT2D eigenvalue weighted by Crippen LogP contribution is 2.20. The summed E-state index contributed by atoms with van der Waals surface area (Å²) in [6.07, 6.45) is 6.05. The molecule has 0 radical (unpaired) electrons. The first-order valence-corrected chi connectivity index (χ1v) is 6.54. The topological polar surface area (TPSA) is 37.3 Å². The second-order valence-corrected chi connectivity index (χ2v) is 4.38. The Balaban J connectivity index is 4.54. The van der Waals surface area contributed by atoms with Gasteiger partial charge in [0.1, 0.15) is 0 Å². The standard InChI is InChI=1S/C14H26O2/c1-5-9-12(8-4)14(16)10-13(15)11(6-2)7-3/h10-12,16H,5-9H2,1-4H3. The summed E-state index contributed by atoms with van der Waals surface area (Å²) in [6, 6.07) is 0. The minimum Gasteiger partial charge on any atom is -0.512 e. The fourth-order valence-electron chi connectivity index (χ4n) is 1.98. The van der Waals surface area contributed by atoms with E-state index in [0.717, 1.165) is 32.1 Å². The summed E-state index contributed by atoms with van der Waals surface area (Å²) in [4.78, 5) is 11.8. The van der Waals surface area contributed by atoms with E-state index in [4.69, 9.17) is 0 Å². The van der Waals surface area contributed by atoms with Crippen LogP contribution in [-0.4, -0.2) is 10.9 Å². The zero-order valence-electron chi connectivity index (χ0n) is 11.1. The first-order chi connectivity index (χ1) is 7.60. The Bertz CT molecular complexity index is 227. The molecule has 2 heteroatoms. The van der Waals surface area contributed by atoms with Crippen LogP contribution < -0.4 is 0 Å². The van der Waals surface area contributed by atoms with Gasteiger partial charge >= 0.3 is 0 Å². The van der Waals surface area contributed by atoms with Gasteiger partial charge in [0.15, 0.2) is 5.78 Å². The van der Waals surface area contributed by atoms with E-state index in [1.54, 1.807) is 0 Å². The Kier molecular flexibility index (Phi) is 7.96. The van der Waals surface area contributed by atoms with Gasteiger partial charge in [-0.1, -0.05) is 34.1 Å². The smallest absolute Gasteiger partial charge is 0.162 e. The van der Waals surface area contributed by atoms with Crippen LogP contribution in [0.25, 0.3) is 0 Å². The molecule has 94 valence electrons. The summed E-state index contributed by atoms with van der Waals surface area (Å²) in [5, 5.41) is 9.89. The zero-order valence-corrected chi connectivity index (χ0v) is 11.1. The van der Waals surface area contributed by atoms with E-state index in [0.29, 0.717) is 0 Å². The molecule has 0 saturated heterocycles. The molecule has 0 bridgehead atoms. The fraction of sp³-hybridized carbons (Fsp3) is 0.786. The van der Waals surface area contributed by atoms with Crippen molar-refractivity contribution in [3.05, 3.63) is 11.8 Å². The minimum atomic E-state index is 0.0706. The summed E-state index contributed by atoms with van der Waals surface area (Å²) in [5.74, 6) is 0.586. The average Bonchev–Trinajstić information content (AvgIpc) is 2.27. The zero-order chi connectivity index (χ0) is 12.6. The van der Waals surface area contributed by atoms with E-state index in [-0.39, 0.29) is 23.4 Å². The maximum atomic E-state index is 11.8. The molecule has 0 aromatic heterocycles. The summed E-state index contributed by atoms with van der Waals surface area (Å²) in [6.45, 7) is 8.17. The minimum absolute atomic E-state index is 0.0706. The van der Waals surface area contributed by atoms with Crippen molar-refractivity contribution in [1.29, 1.82) is 0 Å². The molecule has 0 aliphatic carbocycles. The third kappa shape index (κ3) is 4.82. The average molecular weight is 226 g/mol. The summed E-state index contributed by atoms with van der Waals surface area (Å²) in [7, 11) is 0. The van der Waals surface area contributed by atoms with Crippen molar-refractivity contribution in [2.45, 2.75) is 59.8 Å². The van der Waals surface area contributed by atoms with Gasteiger partial charge in [0.25, 0.3) is 0 Å². The van der Waals surface area contributed by atoms with Crippen LogP contribution in [0.5, 0.6) is 0 Å². The molecule has 0 aromatic carbocycles. The number of hydrogen-bond donors (Lipinski definition) is 1. The van der Waals surface area contributed by atoms with Crippen LogP contribution in [-0.2, 0) is 4.79 Å². The lowest BCUT2D eigenvalue weighted by Crippen LogP contribution is -2.12. The number of rotatable bonds is 8. The van der Waals surface area contributed by atoms with Crippen molar-refractivity contribution < 1.29 is 9.90 Å². The van der Waals surface area contributed by atoms with Crippen molar-refractivity contribution >= 4 is 5.78 Å². The van der Waals surface area contributed by atoms with E-state index in [1.165, 1.54) is 6.08 Å². The predicted molar refractivity (Wildman–Crippen MR) is 68.5 cm³/mol. The molecule has 0 spiro atoms. The van der Waals surface area contributed by atoms with Gasteiger partial charge in [0, 0.05) is 17.9 Å². The molecule has 16 heavy (non-hydrogen) atoms. The SMILES string of the molecule is CCCC(CC)C(O)=CC(=O)C(CC)CC. The lowest BCUT2D eigenvalue weighted by atomic mass is 9.93. The Hall–Kier alpha value is -0.790. The molecule has 1 unspecified atom stereocenters. The molecule has 0 fully saturated rings. The van der Waals surface area contributed by atoms with Crippen LogP contribution in [0, 0.1) is 11.8 Å². The normalized spacial score (nSPS) is 14.2. The third-order valence-corrected chi connectivity index (χ3v) is 3.23. The summed E-state index contributed by atoms with van der Waals surface area (Å²) >= 11 is 0. The molecule has 0 amide bonds. The van der Waals surface area contributed by atoms with Gasteiger partial charge in [-0.05, 0) is 25.7 Å². The highest BCUT2D eigenvalue weighted by Gasteiger charge is 2.16. The summed E-state index contributed by atoms with van der Waals surface area (Å²) in [5.41, 5.74) is 0. The monoisotopic (exact) mass is 226 g/mol.